The molecule has 0 atom stereocenters. The molecule has 1 heteroatoms. The number of allylic oxidation sites excluding steroid dienone is 1. The fraction of sp³-hybridized carbons (Fsp3) is 0.750. The molecule has 1 nitrogen and oxygen atoms in total. The SMILES string of the molecule is C/C(=C/CC(C)C)CO. The third-order valence-electron chi connectivity index (χ3n) is 1.19. The van der Waals surface area contributed by atoms with Crippen LogP contribution in [0.4, 0.5) is 0 Å². The quantitative estimate of drug-likeness (QED) is 0.576. The summed E-state index contributed by atoms with van der Waals surface area (Å²) in [4.78, 5) is 0. The van der Waals surface area contributed by atoms with Gasteiger partial charge in [0.25, 0.3) is 0 Å². The molecule has 0 amide bonds. The molecule has 0 aromatic rings. The summed E-state index contributed by atoms with van der Waals surface area (Å²) < 4.78 is 0. The first-order valence-electron chi connectivity index (χ1n) is 3.43. The van der Waals surface area contributed by atoms with Crippen molar-refractivity contribution in [1.29, 1.82) is 0 Å². The Hall–Kier alpha value is -0.300. The molecule has 0 spiro atoms. The van der Waals surface area contributed by atoms with Gasteiger partial charge in [-0.25, -0.2) is 0 Å². The lowest BCUT2D eigenvalue weighted by Gasteiger charge is -1.98. The topological polar surface area (TPSA) is 20.2 Å². The minimum atomic E-state index is 0.201. The van der Waals surface area contributed by atoms with Crippen LogP contribution in [0.5, 0.6) is 0 Å². The third kappa shape index (κ3) is 5.57. The zero-order chi connectivity index (χ0) is 7.28. The minimum absolute atomic E-state index is 0.201. The molecule has 0 heterocycles. The van der Waals surface area contributed by atoms with Crippen molar-refractivity contribution < 1.29 is 5.11 Å². The molecule has 0 rings (SSSR count). The molecule has 0 fully saturated rings. The minimum Gasteiger partial charge on any atom is -0.392 e. The van der Waals surface area contributed by atoms with Gasteiger partial charge in [0.1, 0.15) is 0 Å². The van der Waals surface area contributed by atoms with Crippen molar-refractivity contribution in [3.05, 3.63) is 11.6 Å². The van der Waals surface area contributed by atoms with Gasteiger partial charge < -0.3 is 5.11 Å². The first-order chi connectivity index (χ1) is 4.16. The second kappa shape index (κ2) is 4.57. The number of aliphatic hydroxyl groups excluding tert-OH is 1. The molecule has 54 valence electrons. The van der Waals surface area contributed by atoms with Crippen LogP contribution in [-0.4, -0.2) is 11.7 Å². The van der Waals surface area contributed by atoms with E-state index in [9.17, 15) is 0 Å². The predicted molar refractivity (Wildman–Crippen MR) is 40.3 cm³/mol. The van der Waals surface area contributed by atoms with E-state index >= 15 is 0 Å². The van der Waals surface area contributed by atoms with Gasteiger partial charge in [0.2, 0.25) is 0 Å². The zero-order valence-electron chi connectivity index (χ0n) is 6.52. The van der Waals surface area contributed by atoms with E-state index in [4.69, 9.17) is 5.11 Å². The van der Waals surface area contributed by atoms with Crippen LogP contribution in [0.2, 0.25) is 0 Å². The highest BCUT2D eigenvalue weighted by Crippen LogP contribution is 2.02. The van der Waals surface area contributed by atoms with Gasteiger partial charge in [0.15, 0.2) is 0 Å². The summed E-state index contributed by atoms with van der Waals surface area (Å²) in [5.74, 6) is 0.700. The van der Waals surface area contributed by atoms with E-state index < -0.39 is 0 Å². The van der Waals surface area contributed by atoms with E-state index in [2.05, 4.69) is 19.9 Å². The first-order valence-corrected chi connectivity index (χ1v) is 3.43. The van der Waals surface area contributed by atoms with Crippen molar-refractivity contribution in [3.8, 4) is 0 Å². The van der Waals surface area contributed by atoms with E-state index in [0.717, 1.165) is 12.0 Å². The second-order valence-electron chi connectivity index (χ2n) is 2.84. The highest BCUT2D eigenvalue weighted by Gasteiger charge is 1.89. The van der Waals surface area contributed by atoms with Crippen molar-refractivity contribution in [2.75, 3.05) is 6.61 Å². The maximum atomic E-state index is 8.58. The molecule has 0 bridgehead atoms. The fourth-order valence-corrected chi connectivity index (χ4v) is 0.501. The summed E-state index contributed by atoms with van der Waals surface area (Å²) in [6.45, 7) is 6.48. The number of hydrogen-bond donors (Lipinski definition) is 1. The van der Waals surface area contributed by atoms with Crippen LogP contribution in [0, 0.1) is 5.92 Å². The number of rotatable bonds is 3. The van der Waals surface area contributed by atoms with E-state index in [1.165, 1.54) is 0 Å². The van der Waals surface area contributed by atoms with Gasteiger partial charge in [0, 0.05) is 0 Å². The summed E-state index contributed by atoms with van der Waals surface area (Å²) >= 11 is 0. The fourth-order valence-electron chi connectivity index (χ4n) is 0.501. The van der Waals surface area contributed by atoms with Gasteiger partial charge in [-0.1, -0.05) is 25.5 Å². The van der Waals surface area contributed by atoms with Crippen LogP contribution in [0.3, 0.4) is 0 Å². The normalized spacial score (nSPS) is 12.8. The average molecular weight is 128 g/mol. The number of hydrogen-bond acceptors (Lipinski definition) is 1. The monoisotopic (exact) mass is 128 g/mol. The smallest absolute Gasteiger partial charge is 0.0639 e. The Labute approximate surface area is 57.4 Å². The highest BCUT2D eigenvalue weighted by atomic mass is 16.3. The molecular formula is C8H16O. The molecule has 9 heavy (non-hydrogen) atoms. The van der Waals surface area contributed by atoms with E-state index in [1.54, 1.807) is 0 Å². The van der Waals surface area contributed by atoms with Crippen LogP contribution in [0.25, 0.3) is 0 Å². The standard InChI is InChI=1S/C8H16O/c1-7(2)4-5-8(3)6-9/h5,7,9H,4,6H2,1-3H3/b8-5-. The number of aliphatic hydroxyl groups is 1. The van der Waals surface area contributed by atoms with Crippen LogP contribution >= 0.6 is 0 Å². The third-order valence-corrected chi connectivity index (χ3v) is 1.19. The molecule has 0 aliphatic rings. The Balaban J connectivity index is 3.43. The second-order valence-corrected chi connectivity index (χ2v) is 2.84. The Morgan fingerprint density at radius 1 is 1.56 bits per heavy atom. The van der Waals surface area contributed by atoms with Gasteiger partial charge >= 0.3 is 0 Å². The van der Waals surface area contributed by atoms with Crippen LogP contribution in [-0.2, 0) is 0 Å². The Morgan fingerprint density at radius 3 is 2.44 bits per heavy atom. The summed E-state index contributed by atoms with van der Waals surface area (Å²) in [7, 11) is 0. The van der Waals surface area contributed by atoms with E-state index in [0.29, 0.717) is 5.92 Å². The van der Waals surface area contributed by atoms with Gasteiger partial charge in [0.05, 0.1) is 6.61 Å². The maximum absolute atomic E-state index is 8.58. The summed E-state index contributed by atoms with van der Waals surface area (Å²) in [5, 5.41) is 8.58. The molecule has 0 aliphatic carbocycles. The average Bonchev–Trinajstić information content (AvgIpc) is 1.83. The maximum Gasteiger partial charge on any atom is 0.0639 e. The molecule has 1 N–H and O–H groups in total. The molecule has 0 saturated heterocycles. The summed E-state index contributed by atoms with van der Waals surface area (Å²) in [6, 6.07) is 0. The molecule has 0 aromatic carbocycles. The molecule has 0 unspecified atom stereocenters. The zero-order valence-corrected chi connectivity index (χ0v) is 6.52. The Morgan fingerprint density at radius 2 is 2.11 bits per heavy atom. The van der Waals surface area contributed by atoms with Crippen molar-refractivity contribution in [3.63, 3.8) is 0 Å². The Bertz CT molecular complexity index is 92.7. The van der Waals surface area contributed by atoms with Gasteiger partial charge in [-0.2, -0.15) is 0 Å². The molecule has 0 aromatic heterocycles. The van der Waals surface area contributed by atoms with Crippen LogP contribution in [0.15, 0.2) is 11.6 Å². The molecular weight excluding hydrogens is 112 g/mol. The highest BCUT2D eigenvalue weighted by molar-refractivity contribution is 4.97. The van der Waals surface area contributed by atoms with Crippen molar-refractivity contribution in [2.24, 2.45) is 5.92 Å². The van der Waals surface area contributed by atoms with E-state index in [1.807, 2.05) is 6.92 Å². The van der Waals surface area contributed by atoms with Crippen molar-refractivity contribution in [1.82, 2.24) is 0 Å². The summed E-state index contributed by atoms with van der Waals surface area (Å²) in [5.41, 5.74) is 1.07. The van der Waals surface area contributed by atoms with Gasteiger partial charge in [-0.15, -0.1) is 0 Å². The lowest BCUT2D eigenvalue weighted by Crippen LogP contribution is -1.87. The predicted octanol–water partition coefficient (Wildman–Crippen LogP) is 1.97. The Kier molecular flexibility index (Phi) is 4.41. The summed E-state index contributed by atoms with van der Waals surface area (Å²) in [6.07, 6.45) is 3.16. The van der Waals surface area contributed by atoms with Gasteiger partial charge in [-0.05, 0) is 19.3 Å². The molecule has 0 aliphatic heterocycles. The lowest BCUT2D eigenvalue weighted by molar-refractivity contribution is 0.330. The lowest BCUT2D eigenvalue weighted by atomic mass is 10.1. The largest absolute Gasteiger partial charge is 0.392 e. The molecule has 0 saturated carbocycles. The van der Waals surface area contributed by atoms with E-state index in [-0.39, 0.29) is 6.61 Å². The van der Waals surface area contributed by atoms with Crippen molar-refractivity contribution >= 4 is 0 Å². The first kappa shape index (κ1) is 8.70. The van der Waals surface area contributed by atoms with Gasteiger partial charge in [-0.3, -0.25) is 0 Å². The van der Waals surface area contributed by atoms with Crippen molar-refractivity contribution in [2.45, 2.75) is 27.2 Å². The molecule has 0 radical (unpaired) electrons. The van der Waals surface area contributed by atoms with Crippen LogP contribution in [0.1, 0.15) is 27.2 Å². The van der Waals surface area contributed by atoms with Crippen LogP contribution < -0.4 is 0 Å².